The lowest BCUT2D eigenvalue weighted by molar-refractivity contribution is -0.117. The van der Waals surface area contributed by atoms with E-state index in [1.807, 2.05) is 6.07 Å². The summed E-state index contributed by atoms with van der Waals surface area (Å²) in [5.74, 6) is -0.244. The van der Waals surface area contributed by atoms with Crippen molar-refractivity contribution in [1.82, 2.24) is 4.98 Å². The van der Waals surface area contributed by atoms with Gasteiger partial charge in [-0.05, 0) is 72.6 Å². The van der Waals surface area contributed by atoms with E-state index in [1.165, 1.54) is 24.3 Å². The van der Waals surface area contributed by atoms with E-state index in [1.54, 1.807) is 47.4 Å². The van der Waals surface area contributed by atoms with Gasteiger partial charge in [-0.2, -0.15) is 0 Å². The highest BCUT2D eigenvalue weighted by Crippen LogP contribution is 2.27. The van der Waals surface area contributed by atoms with Crippen LogP contribution < -0.4 is 9.62 Å². The van der Waals surface area contributed by atoms with E-state index in [0.29, 0.717) is 24.3 Å². The van der Waals surface area contributed by atoms with Crippen molar-refractivity contribution >= 4 is 38.2 Å². The van der Waals surface area contributed by atoms with E-state index in [9.17, 15) is 17.6 Å². The molecule has 3 aromatic carbocycles. The zero-order valence-electron chi connectivity index (χ0n) is 17.0. The average molecular weight is 450 g/mol. The summed E-state index contributed by atoms with van der Waals surface area (Å²) in [4.78, 5) is 16.9. The van der Waals surface area contributed by atoms with Crippen LogP contribution in [0.2, 0.25) is 0 Å². The van der Waals surface area contributed by atoms with Gasteiger partial charge in [-0.3, -0.25) is 9.52 Å². The van der Waals surface area contributed by atoms with Crippen LogP contribution in [0.4, 0.5) is 15.8 Å². The first-order valence-electron chi connectivity index (χ1n) is 10.2. The molecule has 0 bridgehead atoms. The Balaban J connectivity index is 1.33. The molecule has 2 N–H and O–H groups in total. The molecule has 0 saturated carbocycles. The summed E-state index contributed by atoms with van der Waals surface area (Å²) >= 11 is 0. The van der Waals surface area contributed by atoms with E-state index in [0.717, 1.165) is 28.6 Å². The first-order chi connectivity index (χ1) is 15.4. The number of hydrogen-bond acceptors (Lipinski definition) is 3. The average Bonchev–Trinajstić information content (AvgIpc) is 3.40. The van der Waals surface area contributed by atoms with Crippen LogP contribution in [-0.4, -0.2) is 25.9 Å². The molecule has 4 aromatic rings. The monoisotopic (exact) mass is 449 g/mol. The predicted octanol–water partition coefficient (Wildman–Crippen LogP) is 4.90. The molecule has 1 fully saturated rings. The largest absolute Gasteiger partial charge is 0.355 e. The van der Waals surface area contributed by atoms with Crippen LogP contribution >= 0.6 is 0 Å². The van der Waals surface area contributed by atoms with Crippen LogP contribution in [0.5, 0.6) is 0 Å². The number of benzene rings is 3. The van der Waals surface area contributed by atoms with E-state index >= 15 is 0 Å². The molecule has 0 unspecified atom stereocenters. The highest BCUT2D eigenvalue weighted by atomic mass is 32.2. The molecule has 0 radical (unpaired) electrons. The summed E-state index contributed by atoms with van der Waals surface area (Å²) in [5.41, 5.74) is 3.62. The van der Waals surface area contributed by atoms with Crippen LogP contribution in [0.1, 0.15) is 12.8 Å². The minimum Gasteiger partial charge on any atom is -0.355 e. The number of anilines is 2. The maximum absolute atomic E-state index is 13.4. The van der Waals surface area contributed by atoms with Crippen molar-refractivity contribution in [3.05, 3.63) is 78.6 Å². The topological polar surface area (TPSA) is 82.3 Å². The van der Waals surface area contributed by atoms with Crippen LogP contribution in [0.25, 0.3) is 22.2 Å². The third kappa shape index (κ3) is 3.85. The number of amides is 1. The lowest BCUT2D eigenvalue weighted by Gasteiger charge is -2.16. The van der Waals surface area contributed by atoms with Crippen molar-refractivity contribution in [1.29, 1.82) is 0 Å². The third-order valence-corrected chi connectivity index (χ3v) is 6.96. The Morgan fingerprint density at radius 3 is 2.38 bits per heavy atom. The van der Waals surface area contributed by atoms with Crippen LogP contribution in [0.3, 0.4) is 0 Å². The number of carbonyl (C=O) groups is 1. The van der Waals surface area contributed by atoms with Crippen LogP contribution in [0, 0.1) is 5.82 Å². The Labute approximate surface area is 184 Å². The smallest absolute Gasteiger partial charge is 0.261 e. The summed E-state index contributed by atoms with van der Waals surface area (Å²) in [6.45, 7) is 0.654. The van der Waals surface area contributed by atoms with Crippen LogP contribution in [0.15, 0.2) is 77.7 Å². The van der Waals surface area contributed by atoms with E-state index in [2.05, 4.69) is 9.71 Å². The van der Waals surface area contributed by atoms with Gasteiger partial charge in [0.15, 0.2) is 0 Å². The molecule has 0 atom stereocenters. The first kappa shape index (κ1) is 20.3. The summed E-state index contributed by atoms with van der Waals surface area (Å²) < 4.78 is 41.5. The van der Waals surface area contributed by atoms with Crippen molar-refractivity contribution in [2.45, 2.75) is 17.7 Å². The fraction of sp³-hybridized carbons (Fsp3) is 0.125. The molecule has 32 heavy (non-hydrogen) atoms. The quantitative estimate of drug-likeness (QED) is 0.455. The number of rotatable bonds is 5. The first-order valence-corrected chi connectivity index (χ1v) is 11.7. The lowest BCUT2D eigenvalue weighted by atomic mass is 10.1. The highest BCUT2D eigenvalue weighted by Gasteiger charge is 2.22. The second-order valence-corrected chi connectivity index (χ2v) is 9.42. The molecule has 1 aromatic heterocycles. The van der Waals surface area contributed by atoms with Crippen molar-refractivity contribution in [3.8, 4) is 11.3 Å². The second-order valence-electron chi connectivity index (χ2n) is 7.74. The molecular formula is C24H20FN3O3S. The predicted molar refractivity (Wildman–Crippen MR) is 123 cm³/mol. The molecule has 0 aliphatic carbocycles. The van der Waals surface area contributed by atoms with Gasteiger partial charge in [-0.25, -0.2) is 12.8 Å². The van der Waals surface area contributed by atoms with Gasteiger partial charge in [-0.15, -0.1) is 0 Å². The number of nitrogens with zero attached hydrogens (tertiary/aromatic N) is 1. The number of aromatic nitrogens is 1. The molecule has 5 rings (SSSR count). The fourth-order valence-electron chi connectivity index (χ4n) is 3.92. The van der Waals surface area contributed by atoms with Crippen molar-refractivity contribution in [3.63, 3.8) is 0 Å². The second kappa shape index (κ2) is 7.80. The van der Waals surface area contributed by atoms with Gasteiger partial charge in [0.05, 0.1) is 4.90 Å². The molecule has 1 saturated heterocycles. The number of carbonyl (C=O) groups excluding carboxylic acids is 1. The van der Waals surface area contributed by atoms with Gasteiger partial charge >= 0.3 is 0 Å². The Kier molecular flexibility index (Phi) is 4.94. The normalized spacial score (nSPS) is 14.3. The zero-order valence-corrected chi connectivity index (χ0v) is 17.8. The van der Waals surface area contributed by atoms with Gasteiger partial charge < -0.3 is 9.88 Å². The Hall–Kier alpha value is -3.65. The third-order valence-electron chi connectivity index (χ3n) is 5.56. The minimum atomic E-state index is -3.77. The Morgan fingerprint density at radius 1 is 0.938 bits per heavy atom. The van der Waals surface area contributed by atoms with E-state index in [-0.39, 0.29) is 16.6 Å². The van der Waals surface area contributed by atoms with Crippen molar-refractivity contribution in [2.75, 3.05) is 16.2 Å². The summed E-state index contributed by atoms with van der Waals surface area (Å²) in [7, 11) is -3.77. The van der Waals surface area contributed by atoms with Crippen molar-refractivity contribution < 1.29 is 17.6 Å². The number of hydrogen-bond donors (Lipinski definition) is 2. The summed E-state index contributed by atoms with van der Waals surface area (Å²) in [5, 5.41) is 0.767. The number of aromatic amines is 1. The molecule has 0 spiro atoms. The van der Waals surface area contributed by atoms with Gasteiger partial charge in [0.25, 0.3) is 10.0 Å². The minimum absolute atomic E-state index is 0.0546. The summed E-state index contributed by atoms with van der Waals surface area (Å²) in [6.07, 6.45) is 1.33. The summed E-state index contributed by atoms with van der Waals surface area (Å²) in [6, 6.07) is 19.6. The Bertz CT molecular complexity index is 1410. The van der Waals surface area contributed by atoms with Crippen molar-refractivity contribution in [2.24, 2.45) is 0 Å². The number of halogens is 1. The molecule has 1 amide bonds. The molecule has 2 heterocycles. The molecule has 1 aliphatic heterocycles. The molecule has 162 valence electrons. The zero-order chi connectivity index (χ0) is 22.3. The number of nitrogens with one attached hydrogen (secondary N) is 2. The Morgan fingerprint density at radius 2 is 1.69 bits per heavy atom. The highest BCUT2D eigenvalue weighted by molar-refractivity contribution is 7.92. The van der Waals surface area contributed by atoms with E-state index in [4.69, 9.17) is 0 Å². The van der Waals surface area contributed by atoms with Crippen LogP contribution in [-0.2, 0) is 14.8 Å². The number of sulfonamides is 1. The number of fused-ring (bicyclic) bond motifs is 1. The van der Waals surface area contributed by atoms with Gasteiger partial charge in [-0.1, -0.05) is 12.1 Å². The number of H-pyrrole nitrogens is 1. The van der Waals surface area contributed by atoms with Gasteiger partial charge in [0, 0.05) is 40.9 Å². The standard InChI is InChI=1S/C24H20FN3O3S/c25-18-5-12-22-17(14-18)15-23(26-22)16-3-6-19(7-4-16)27-32(30,31)21-10-8-20(9-11-21)28-13-1-2-24(28)29/h3-12,14-15,26-27H,1-2,13H2. The molecular weight excluding hydrogens is 429 g/mol. The SMILES string of the molecule is O=C1CCCN1c1ccc(S(=O)(=O)Nc2ccc(-c3cc4cc(F)ccc4[nH]3)cc2)cc1. The molecule has 8 heteroatoms. The van der Waals surface area contributed by atoms with Gasteiger partial charge in [0.2, 0.25) is 5.91 Å². The lowest BCUT2D eigenvalue weighted by Crippen LogP contribution is -2.23. The van der Waals surface area contributed by atoms with E-state index < -0.39 is 10.0 Å². The fourth-order valence-corrected chi connectivity index (χ4v) is 4.98. The molecule has 6 nitrogen and oxygen atoms in total. The maximum atomic E-state index is 13.4. The maximum Gasteiger partial charge on any atom is 0.261 e. The molecule has 1 aliphatic rings. The van der Waals surface area contributed by atoms with Gasteiger partial charge in [0.1, 0.15) is 5.82 Å².